The lowest BCUT2D eigenvalue weighted by atomic mass is 10.0. The molecule has 1 amide bonds. The van der Waals surface area contributed by atoms with Crippen LogP contribution in [-0.4, -0.2) is 24.4 Å². The van der Waals surface area contributed by atoms with Crippen molar-refractivity contribution in [1.29, 1.82) is 5.26 Å². The molecule has 0 aliphatic carbocycles. The smallest absolute Gasteiger partial charge is 0.239 e. The summed E-state index contributed by atoms with van der Waals surface area (Å²) in [7, 11) is 1.76. The molecule has 18 heavy (non-hydrogen) atoms. The summed E-state index contributed by atoms with van der Waals surface area (Å²) in [4.78, 5) is 13.6. The summed E-state index contributed by atoms with van der Waals surface area (Å²) in [5.41, 5.74) is 2.49. The van der Waals surface area contributed by atoms with Crippen LogP contribution in [0.4, 0.5) is 0 Å². The minimum atomic E-state index is -0.508. The Morgan fingerprint density at radius 1 is 1.44 bits per heavy atom. The van der Waals surface area contributed by atoms with Crippen LogP contribution in [0, 0.1) is 24.2 Å². The van der Waals surface area contributed by atoms with E-state index in [1.54, 1.807) is 11.9 Å². The standard InChI is InChI=1S/C15H20N2O/c1-4-13(11-16)15(18)17(3)10-9-14-8-6-5-7-12(14)2/h5-8,13H,4,9-10H2,1-3H3. The van der Waals surface area contributed by atoms with Crippen molar-refractivity contribution >= 4 is 5.91 Å². The van der Waals surface area contributed by atoms with Gasteiger partial charge in [0, 0.05) is 13.6 Å². The number of likely N-dealkylation sites (N-methyl/N-ethyl adjacent to an activating group) is 1. The van der Waals surface area contributed by atoms with Gasteiger partial charge >= 0.3 is 0 Å². The van der Waals surface area contributed by atoms with Crippen molar-refractivity contribution in [3.8, 4) is 6.07 Å². The first-order chi connectivity index (χ1) is 8.60. The Balaban J connectivity index is 2.57. The average molecular weight is 244 g/mol. The second-order valence-corrected chi connectivity index (χ2v) is 4.53. The third-order valence-electron chi connectivity index (χ3n) is 3.22. The molecule has 0 radical (unpaired) electrons. The number of nitriles is 1. The third-order valence-corrected chi connectivity index (χ3v) is 3.22. The number of nitrogens with zero attached hydrogens (tertiary/aromatic N) is 2. The summed E-state index contributed by atoms with van der Waals surface area (Å²) >= 11 is 0. The highest BCUT2D eigenvalue weighted by Gasteiger charge is 2.19. The van der Waals surface area contributed by atoms with E-state index in [-0.39, 0.29) is 5.91 Å². The topological polar surface area (TPSA) is 44.1 Å². The molecule has 0 aliphatic heterocycles. The van der Waals surface area contributed by atoms with E-state index in [0.29, 0.717) is 13.0 Å². The summed E-state index contributed by atoms with van der Waals surface area (Å²) < 4.78 is 0. The Labute approximate surface area is 109 Å². The van der Waals surface area contributed by atoms with Crippen molar-refractivity contribution in [2.24, 2.45) is 5.92 Å². The second-order valence-electron chi connectivity index (χ2n) is 4.53. The molecule has 0 saturated carbocycles. The molecule has 96 valence electrons. The van der Waals surface area contributed by atoms with E-state index >= 15 is 0 Å². The van der Waals surface area contributed by atoms with E-state index in [1.165, 1.54) is 11.1 Å². The van der Waals surface area contributed by atoms with Crippen LogP contribution in [0.1, 0.15) is 24.5 Å². The Kier molecular flexibility index (Phi) is 5.38. The van der Waals surface area contributed by atoms with E-state index in [2.05, 4.69) is 25.1 Å². The number of carbonyl (C=O) groups excluding carboxylic acids is 1. The first-order valence-electron chi connectivity index (χ1n) is 6.29. The van der Waals surface area contributed by atoms with E-state index in [9.17, 15) is 4.79 Å². The zero-order valence-corrected chi connectivity index (χ0v) is 11.3. The van der Waals surface area contributed by atoms with Gasteiger partial charge in [-0.05, 0) is 30.9 Å². The molecule has 3 nitrogen and oxygen atoms in total. The fourth-order valence-corrected chi connectivity index (χ4v) is 1.88. The fourth-order valence-electron chi connectivity index (χ4n) is 1.88. The maximum absolute atomic E-state index is 11.9. The Morgan fingerprint density at radius 2 is 2.11 bits per heavy atom. The van der Waals surface area contributed by atoms with Gasteiger partial charge in [-0.2, -0.15) is 5.26 Å². The number of hydrogen-bond acceptors (Lipinski definition) is 2. The van der Waals surface area contributed by atoms with Crippen molar-refractivity contribution in [2.45, 2.75) is 26.7 Å². The van der Waals surface area contributed by atoms with Gasteiger partial charge in [-0.25, -0.2) is 0 Å². The highest BCUT2D eigenvalue weighted by Crippen LogP contribution is 2.10. The minimum Gasteiger partial charge on any atom is -0.344 e. The predicted molar refractivity (Wildman–Crippen MR) is 71.9 cm³/mol. The molecule has 3 heteroatoms. The van der Waals surface area contributed by atoms with Crippen molar-refractivity contribution in [3.05, 3.63) is 35.4 Å². The molecule has 1 rings (SSSR count). The molecule has 1 aromatic carbocycles. The normalized spacial score (nSPS) is 11.7. The van der Waals surface area contributed by atoms with Crippen LogP contribution < -0.4 is 0 Å². The van der Waals surface area contributed by atoms with Gasteiger partial charge in [-0.3, -0.25) is 4.79 Å². The number of carbonyl (C=O) groups is 1. The van der Waals surface area contributed by atoms with Gasteiger partial charge in [0.25, 0.3) is 0 Å². The van der Waals surface area contributed by atoms with Crippen molar-refractivity contribution in [1.82, 2.24) is 4.90 Å². The Hall–Kier alpha value is -1.82. The van der Waals surface area contributed by atoms with E-state index in [1.807, 2.05) is 19.1 Å². The molecule has 1 unspecified atom stereocenters. The van der Waals surface area contributed by atoms with Crippen LogP contribution in [0.25, 0.3) is 0 Å². The quantitative estimate of drug-likeness (QED) is 0.799. The third kappa shape index (κ3) is 3.59. The highest BCUT2D eigenvalue weighted by molar-refractivity contribution is 5.80. The van der Waals surface area contributed by atoms with E-state index in [4.69, 9.17) is 5.26 Å². The summed E-state index contributed by atoms with van der Waals surface area (Å²) in [6, 6.07) is 10.2. The molecule has 0 bridgehead atoms. The van der Waals surface area contributed by atoms with Crippen LogP contribution in [0.2, 0.25) is 0 Å². The van der Waals surface area contributed by atoms with Gasteiger partial charge in [0.2, 0.25) is 5.91 Å². The van der Waals surface area contributed by atoms with Crippen LogP contribution in [0.3, 0.4) is 0 Å². The van der Waals surface area contributed by atoms with E-state index in [0.717, 1.165) is 6.42 Å². The Morgan fingerprint density at radius 3 is 2.67 bits per heavy atom. The fraction of sp³-hybridized carbons (Fsp3) is 0.467. The van der Waals surface area contributed by atoms with Gasteiger partial charge < -0.3 is 4.90 Å². The first kappa shape index (κ1) is 14.2. The number of hydrogen-bond donors (Lipinski definition) is 0. The summed E-state index contributed by atoms with van der Waals surface area (Å²) in [6.07, 6.45) is 1.40. The van der Waals surface area contributed by atoms with Crippen LogP contribution in [-0.2, 0) is 11.2 Å². The van der Waals surface area contributed by atoms with Gasteiger partial charge in [0.15, 0.2) is 0 Å². The number of amides is 1. The molecule has 1 atom stereocenters. The van der Waals surface area contributed by atoms with Crippen LogP contribution >= 0.6 is 0 Å². The number of aryl methyl sites for hydroxylation is 1. The molecule has 0 aromatic heterocycles. The summed E-state index contributed by atoms with van der Waals surface area (Å²) in [5, 5.41) is 8.88. The van der Waals surface area contributed by atoms with Gasteiger partial charge in [-0.1, -0.05) is 31.2 Å². The molecule has 0 heterocycles. The molecule has 0 N–H and O–H groups in total. The zero-order chi connectivity index (χ0) is 13.5. The lowest BCUT2D eigenvalue weighted by Crippen LogP contribution is -2.33. The molecule has 0 fully saturated rings. The zero-order valence-electron chi connectivity index (χ0n) is 11.3. The monoisotopic (exact) mass is 244 g/mol. The average Bonchev–Trinajstić information content (AvgIpc) is 2.38. The summed E-state index contributed by atoms with van der Waals surface area (Å²) in [6.45, 7) is 4.59. The van der Waals surface area contributed by atoms with Crippen molar-refractivity contribution in [3.63, 3.8) is 0 Å². The van der Waals surface area contributed by atoms with Crippen molar-refractivity contribution in [2.75, 3.05) is 13.6 Å². The summed E-state index contributed by atoms with van der Waals surface area (Å²) in [5.74, 6) is -0.583. The molecule has 0 aliphatic rings. The van der Waals surface area contributed by atoms with Gasteiger partial charge in [0.1, 0.15) is 5.92 Å². The first-order valence-corrected chi connectivity index (χ1v) is 6.29. The van der Waals surface area contributed by atoms with E-state index < -0.39 is 5.92 Å². The highest BCUT2D eigenvalue weighted by atomic mass is 16.2. The second kappa shape index (κ2) is 6.80. The molecular formula is C15H20N2O. The molecule has 0 saturated heterocycles. The Bertz CT molecular complexity index is 448. The lowest BCUT2D eigenvalue weighted by Gasteiger charge is -2.19. The van der Waals surface area contributed by atoms with Crippen LogP contribution in [0.15, 0.2) is 24.3 Å². The van der Waals surface area contributed by atoms with Gasteiger partial charge in [-0.15, -0.1) is 0 Å². The largest absolute Gasteiger partial charge is 0.344 e. The SMILES string of the molecule is CCC(C#N)C(=O)N(C)CCc1ccccc1C. The maximum Gasteiger partial charge on any atom is 0.239 e. The van der Waals surface area contributed by atoms with Gasteiger partial charge in [0.05, 0.1) is 6.07 Å². The minimum absolute atomic E-state index is 0.0754. The lowest BCUT2D eigenvalue weighted by molar-refractivity contribution is -0.132. The molecule has 1 aromatic rings. The number of benzene rings is 1. The van der Waals surface area contributed by atoms with Crippen molar-refractivity contribution < 1.29 is 4.79 Å². The molecule has 0 spiro atoms. The number of rotatable bonds is 5. The maximum atomic E-state index is 11.9. The van der Waals surface area contributed by atoms with Crippen LogP contribution in [0.5, 0.6) is 0 Å². The predicted octanol–water partition coefficient (Wildman–Crippen LogP) is 2.55. The molecular weight excluding hydrogens is 224 g/mol.